The van der Waals surface area contributed by atoms with Gasteiger partial charge in [-0.3, -0.25) is 14.4 Å². The molecule has 6 nitrogen and oxygen atoms in total. The zero-order valence-electron chi connectivity index (χ0n) is 14.2. The van der Waals surface area contributed by atoms with Crippen LogP contribution in [0, 0.1) is 6.92 Å². The molecule has 0 atom stereocenters. The van der Waals surface area contributed by atoms with Gasteiger partial charge in [0.15, 0.2) is 0 Å². The van der Waals surface area contributed by atoms with E-state index in [2.05, 4.69) is 4.98 Å². The van der Waals surface area contributed by atoms with E-state index in [1.54, 1.807) is 9.80 Å². The van der Waals surface area contributed by atoms with E-state index in [1.165, 1.54) is 23.9 Å². The van der Waals surface area contributed by atoms with Crippen LogP contribution in [-0.4, -0.2) is 52.8 Å². The van der Waals surface area contributed by atoms with E-state index < -0.39 is 0 Å². The monoisotopic (exact) mass is 339 g/mol. The number of nitrogens with one attached hydrogen (secondary N) is 1. The molecule has 0 aliphatic carbocycles. The van der Waals surface area contributed by atoms with Crippen LogP contribution in [0.4, 0.5) is 0 Å². The molecule has 6 heteroatoms. The van der Waals surface area contributed by atoms with Crippen molar-refractivity contribution >= 4 is 11.8 Å². The van der Waals surface area contributed by atoms with Crippen LogP contribution in [0.15, 0.2) is 47.4 Å². The van der Waals surface area contributed by atoms with Crippen molar-refractivity contribution in [1.82, 2.24) is 14.8 Å². The van der Waals surface area contributed by atoms with Crippen molar-refractivity contribution in [1.29, 1.82) is 0 Å². The van der Waals surface area contributed by atoms with Crippen molar-refractivity contribution in [3.8, 4) is 0 Å². The molecule has 1 N–H and O–H groups in total. The van der Waals surface area contributed by atoms with Crippen LogP contribution in [0.5, 0.6) is 0 Å². The van der Waals surface area contributed by atoms with Crippen LogP contribution < -0.4 is 5.56 Å². The van der Waals surface area contributed by atoms with Gasteiger partial charge in [-0.2, -0.15) is 0 Å². The van der Waals surface area contributed by atoms with E-state index >= 15 is 0 Å². The van der Waals surface area contributed by atoms with Gasteiger partial charge in [0.1, 0.15) is 0 Å². The van der Waals surface area contributed by atoms with Crippen molar-refractivity contribution in [2.45, 2.75) is 13.3 Å². The van der Waals surface area contributed by atoms with Crippen molar-refractivity contribution in [3.63, 3.8) is 0 Å². The number of carbonyl (C=O) groups excluding carboxylic acids is 2. The van der Waals surface area contributed by atoms with Gasteiger partial charge in [-0.05, 0) is 18.6 Å². The Morgan fingerprint density at radius 3 is 2.20 bits per heavy atom. The van der Waals surface area contributed by atoms with E-state index in [-0.39, 0.29) is 17.4 Å². The Labute approximate surface area is 146 Å². The van der Waals surface area contributed by atoms with Crippen LogP contribution >= 0.6 is 0 Å². The van der Waals surface area contributed by atoms with Gasteiger partial charge in [0, 0.05) is 38.4 Å². The molecule has 0 saturated carbocycles. The van der Waals surface area contributed by atoms with Crippen LogP contribution in [-0.2, 0) is 11.2 Å². The summed E-state index contributed by atoms with van der Waals surface area (Å²) in [4.78, 5) is 41.9. The third-order valence-corrected chi connectivity index (χ3v) is 4.43. The standard InChI is InChI=1S/C19H21N3O3/c1-14-2-4-15(5-3-14)12-18(24)21-8-10-22(11-9-21)19(25)16-6-7-17(23)20-13-16/h2-7,13H,8-12H2,1H3,(H,20,23). The number of pyridine rings is 1. The van der Waals surface area contributed by atoms with Crippen LogP contribution in [0.3, 0.4) is 0 Å². The molecular weight excluding hydrogens is 318 g/mol. The predicted octanol–water partition coefficient (Wildman–Crippen LogP) is 1.21. The average Bonchev–Trinajstić information content (AvgIpc) is 2.64. The van der Waals surface area contributed by atoms with Crippen molar-refractivity contribution in [2.75, 3.05) is 26.2 Å². The summed E-state index contributed by atoms with van der Waals surface area (Å²) in [6.45, 7) is 4.07. The molecule has 2 aromatic rings. The number of hydrogen-bond acceptors (Lipinski definition) is 3. The molecule has 0 spiro atoms. The maximum Gasteiger partial charge on any atom is 0.255 e. The Morgan fingerprint density at radius 1 is 0.960 bits per heavy atom. The zero-order valence-corrected chi connectivity index (χ0v) is 14.2. The maximum atomic E-state index is 12.4. The highest BCUT2D eigenvalue weighted by molar-refractivity contribution is 5.94. The number of aryl methyl sites for hydroxylation is 1. The first-order valence-electron chi connectivity index (χ1n) is 8.34. The van der Waals surface area contributed by atoms with Crippen molar-refractivity contribution in [3.05, 3.63) is 69.6 Å². The highest BCUT2D eigenvalue weighted by Gasteiger charge is 2.24. The minimum atomic E-state index is -0.233. The second-order valence-electron chi connectivity index (χ2n) is 6.28. The van der Waals surface area contributed by atoms with Gasteiger partial charge in [0.05, 0.1) is 12.0 Å². The van der Waals surface area contributed by atoms with Gasteiger partial charge in [0.25, 0.3) is 5.91 Å². The van der Waals surface area contributed by atoms with E-state index in [1.807, 2.05) is 31.2 Å². The SMILES string of the molecule is Cc1ccc(CC(=O)N2CCN(C(=O)c3ccc(=O)[nH]c3)CC2)cc1. The molecule has 2 heterocycles. The molecule has 2 amide bonds. The number of piperazine rings is 1. The first-order chi connectivity index (χ1) is 12.0. The van der Waals surface area contributed by atoms with Gasteiger partial charge >= 0.3 is 0 Å². The van der Waals surface area contributed by atoms with E-state index in [0.29, 0.717) is 38.2 Å². The van der Waals surface area contributed by atoms with Crippen LogP contribution in [0.2, 0.25) is 0 Å². The fraction of sp³-hybridized carbons (Fsp3) is 0.316. The third kappa shape index (κ3) is 4.15. The third-order valence-electron chi connectivity index (χ3n) is 4.43. The molecule has 1 aromatic carbocycles. The lowest BCUT2D eigenvalue weighted by Gasteiger charge is -2.34. The Bertz CT molecular complexity index is 798. The Balaban J connectivity index is 1.55. The highest BCUT2D eigenvalue weighted by atomic mass is 16.2. The number of amides is 2. The van der Waals surface area contributed by atoms with Crippen LogP contribution in [0.25, 0.3) is 0 Å². The number of aromatic amines is 1. The highest BCUT2D eigenvalue weighted by Crippen LogP contribution is 2.10. The zero-order chi connectivity index (χ0) is 17.8. The molecule has 1 fully saturated rings. The summed E-state index contributed by atoms with van der Waals surface area (Å²) >= 11 is 0. The first-order valence-corrected chi connectivity index (χ1v) is 8.34. The van der Waals surface area contributed by atoms with Crippen molar-refractivity contribution in [2.24, 2.45) is 0 Å². The molecule has 1 saturated heterocycles. The second-order valence-corrected chi connectivity index (χ2v) is 6.28. The topological polar surface area (TPSA) is 73.5 Å². The Morgan fingerprint density at radius 2 is 1.60 bits per heavy atom. The Kier molecular flexibility index (Phi) is 4.97. The average molecular weight is 339 g/mol. The number of benzene rings is 1. The van der Waals surface area contributed by atoms with Gasteiger partial charge in [0.2, 0.25) is 11.5 Å². The molecule has 25 heavy (non-hydrogen) atoms. The van der Waals surface area contributed by atoms with Gasteiger partial charge in [-0.25, -0.2) is 0 Å². The number of hydrogen-bond donors (Lipinski definition) is 1. The van der Waals surface area contributed by atoms with Crippen molar-refractivity contribution < 1.29 is 9.59 Å². The largest absolute Gasteiger partial charge is 0.339 e. The summed E-state index contributed by atoms with van der Waals surface area (Å²) < 4.78 is 0. The molecule has 3 rings (SSSR count). The predicted molar refractivity (Wildman–Crippen MR) is 94.4 cm³/mol. The number of rotatable bonds is 3. The smallest absolute Gasteiger partial charge is 0.255 e. The molecule has 1 aliphatic heterocycles. The minimum Gasteiger partial charge on any atom is -0.339 e. The number of carbonyl (C=O) groups is 2. The number of aromatic nitrogens is 1. The number of nitrogens with zero attached hydrogens (tertiary/aromatic N) is 2. The lowest BCUT2D eigenvalue weighted by atomic mass is 10.1. The summed E-state index contributed by atoms with van der Waals surface area (Å²) in [7, 11) is 0. The van der Waals surface area contributed by atoms with Gasteiger partial charge in [-0.15, -0.1) is 0 Å². The van der Waals surface area contributed by atoms with Crippen LogP contribution in [0.1, 0.15) is 21.5 Å². The summed E-state index contributed by atoms with van der Waals surface area (Å²) in [5.41, 5.74) is 2.40. The molecule has 0 radical (unpaired) electrons. The summed E-state index contributed by atoms with van der Waals surface area (Å²) in [5, 5.41) is 0. The minimum absolute atomic E-state index is 0.0833. The molecule has 1 aromatic heterocycles. The van der Waals surface area contributed by atoms with E-state index in [0.717, 1.165) is 5.56 Å². The van der Waals surface area contributed by atoms with Gasteiger partial charge < -0.3 is 14.8 Å². The summed E-state index contributed by atoms with van der Waals surface area (Å²) in [6.07, 6.45) is 1.81. The molecule has 130 valence electrons. The fourth-order valence-corrected chi connectivity index (χ4v) is 2.88. The van der Waals surface area contributed by atoms with E-state index in [4.69, 9.17) is 0 Å². The molecule has 1 aliphatic rings. The molecular formula is C19H21N3O3. The Hall–Kier alpha value is -2.89. The summed E-state index contributed by atoms with van der Waals surface area (Å²) in [5.74, 6) is -0.0399. The number of H-pyrrole nitrogens is 1. The fourth-order valence-electron chi connectivity index (χ4n) is 2.88. The molecule has 0 unspecified atom stereocenters. The first kappa shape index (κ1) is 17.0. The second kappa shape index (κ2) is 7.34. The van der Waals surface area contributed by atoms with E-state index in [9.17, 15) is 14.4 Å². The molecule has 0 bridgehead atoms. The van der Waals surface area contributed by atoms with Gasteiger partial charge in [-0.1, -0.05) is 29.8 Å². The quantitative estimate of drug-likeness (QED) is 0.913. The summed E-state index contributed by atoms with van der Waals surface area (Å²) in [6, 6.07) is 10.8. The lowest BCUT2D eigenvalue weighted by Crippen LogP contribution is -2.51. The lowest BCUT2D eigenvalue weighted by molar-refractivity contribution is -0.131. The normalized spacial score (nSPS) is 14.4. The maximum absolute atomic E-state index is 12.4.